The Morgan fingerprint density at radius 3 is 2.79 bits per heavy atom. The molecule has 1 aliphatic rings. The van der Waals surface area contributed by atoms with Crippen LogP contribution in [0.1, 0.15) is 58.1 Å². The first-order chi connectivity index (χ1) is 12.7. The van der Waals surface area contributed by atoms with Crippen molar-refractivity contribution in [2.24, 2.45) is 0 Å². The first-order valence-electron chi connectivity index (χ1n) is 10.3. The second-order valence-electron chi connectivity index (χ2n) is 4.58. The average Bonchev–Trinajstić information content (AvgIpc) is 2.81. The van der Waals surface area contributed by atoms with Crippen molar-refractivity contribution in [3.8, 4) is 0 Å². The number of hydrogen-bond acceptors (Lipinski definition) is 4. The third-order valence-electron chi connectivity index (χ3n) is 1.81. The molecule has 1 amide bonds. The SMILES string of the molecule is [2H]c1sc(C2([2H])C([2H])([2H])C([2H])([2H])N(C(=O)OC(C)(C)C)C([2H])([2H])C2([2H])[2H])nc1Br. The van der Waals surface area contributed by atoms with E-state index in [0.717, 1.165) is 0 Å². The molecule has 0 radical (unpaired) electrons. The number of thiazole rings is 1. The van der Waals surface area contributed by atoms with Gasteiger partial charge in [0, 0.05) is 36.6 Å². The quantitative estimate of drug-likeness (QED) is 0.762. The molecule has 2 heterocycles. The molecule has 1 aromatic heterocycles. The van der Waals surface area contributed by atoms with Gasteiger partial charge in [0.1, 0.15) is 10.2 Å². The Kier molecular flexibility index (Phi) is 1.96. The third kappa shape index (κ3) is 4.18. The van der Waals surface area contributed by atoms with Crippen molar-refractivity contribution in [2.45, 2.75) is 45.0 Å². The molecular weight excluding hydrogens is 328 g/mol. The number of aromatic nitrogens is 1. The summed E-state index contributed by atoms with van der Waals surface area (Å²) in [5, 5.41) is -0.908. The van der Waals surface area contributed by atoms with Crippen LogP contribution in [0, 0.1) is 0 Å². The summed E-state index contributed by atoms with van der Waals surface area (Å²) in [6.45, 7) is -2.72. The second-order valence-corrected chi connectivity index (χ2v) is 6.12. The van der Waals surface area contributed by atoms with Gasteiger partial charge in [0.15, 0.2) is 0 Å². The number of ether oxygens (including phenoxy) is 1. The number of piperidine rings is 1. The number of likely N-dealkylation sites (tertiary alicyclic amines) is 1. The predicted octanol–water partition coefficient (Wildman–Crippen LogP) is 4.02. The van der Waals surface area contributed by atoms with Gasteiger partial charge < -0.3 is 9.64 Å². The average molecular weight is 357 g/mol. The summed E-state index contributed by atoms with van der Waals surface area (Å²) in [4.78, 5) is 16.1. The summed E-state index contributed by atoms with van der Waals surface area (Å²) in [7, 11) is 0. The fraction of sp³-hybridized carbons (Fsp3) is 0.692. The highest BCUT2D eigenvalue weighted by atomic mass is 79.9. The van der Waals surface area contributed by atoms with E-state index in [1.165, 1.54) is 20.8 Å². The summed E-state index contributed by atoms with van der Waals surface area (Å²) < 4.78 is 87.5. The molecule has 0 aliphatic carbocycles. The van der Waals surface area contributed by atoms with Gasteiger partial charge in [0.25, 0.3) is 0 Å². The van der Waals surface area contributed by atoms with Crippen LogP contribution in [0.2, 0.25) is 0 Å². The zero-order chi connectivity index (χ0) is 23.0. The summed E-state index contributed by atoms with van der Waals surface area (Å²) >= 11 is 3.34. The van der Waals surface area contributed by atoms with E-state index in [1.54, 1.807) is 0 Å². The maximum atomic E-state index is 12.6. The topological polar surface area (TPSA) is 42.4 Å². The lowest BCUT2D eigenvalue weighted by Crippen LogP contribution is -2.41. The van der Waals surface area contributed by atoms with Crippen molar-refractivity contribution in [1.29, 1.82) is 0 Å². The van der Waals surface area contributed by atoms with Crippen LogP contribution < -0.4 is 0 Å². The first kappa shape index (κ1) is 6.43. The molecule has 0 unspecified atom stereocenters. The largest absolute Gasteiger partial charge is 0.444 e. The Morgan fingerprint density at radius 2 is 2.32 bits per heavy atom. The molecule has 0 saturated carbocycles. The summed E-state index contributed by atoms with van der Waals surface area (Å²) in [5.41, 5.74) is -1.20. The zero-order valence-corrected chi connectivity index (χ0v) is 12.9. The Morgan fingerprint density at radius 1 is 1.68 bits per heavy atom. The van der Waals surface area contributed by atoms with Gasteiger partial charge in [-0.3, -0.25) is 0 Å². The fourth-order valence-corrected chi connectivity index (χ4v) is 2.23. The van der Waals surface area contributed by atoms with Crippen molar-refractivity contribution in [3.05, 3.63) is 15.0 Å². The molecule has 0 atom stereocenters. The van der Waals surface area contributed by atoms with Crippen LogP contribution >= 0.6 is 27.3 Å². The molecule has 1 saturated heterocycles. The molecule has 4 nitrogen and oxygen atoms in total. The Hall–Kier alpha value is -0.620. The van der Waals surface area contributed by atoms with E-state index in [0.29, 0.717) is 11.3 Å². The molecule has 0 bridgehead atoms. The van der Waals surface area contributed by atoms with Crippen LogP contribution in [-0.4, -0.2) is 34.6 Å². The van der Waals surface area contributed by atoms with Gasteiger partial charge in [-0.15, -0.1) is 11.3 Å². The molecule has 0 aromatic carbocycles. The smallest absolute Gasteiger partial charge is 0.410 e. The molecule has 2 rings (SSSR count). The Balaban J connectivity index is 2.81. The van der Waals surface area contributed by atoms with Crippen molar-refractivity contribution in [3.63, 3.8) is 0 Å². The van der Waals surface area contributed by atoms with Gasteiger partial charge in [-0.25, -0.2) is 9.78 Å². The van der Waals surface area contributed by atoms with Gasteiger partial charge in [0.05, 0.1) is 6.38 Å². The maximum absolute atomic E-state index is 12.6. The Labute approximate surface area is 140 Å². The lowest BCUT2D eigenvalue weighted by Gasteiger charge is -2.32. The predicted molar refractivity (Wildman–Crippen MR) is 79.6 cm³/mol. The zero-order valence-electron chi connectivity index (χ0n) is 20.5. The lowest BCUT2D eigenvalue weighted by molar-refractivity contribution is 0.0205. The van der Waals surface area contributed by atoms with Gasteiger partial charge in [-0.1, -0.05) is 0 Å². The molecule has 0 spiro atoms. The molecule has 1 aliphatic heterocycles. The minimum absolute atomic E-state index is 0.119. The number of hydrogen-bond donors (Lipinski definition) is 0. The van der Waals surface area contributed by atoms with Crippen LogP contribution in [0.15, 0.2) is 9.96 Å². The number of carbonyl (C=O) groups excluding carboxylic acids is 1. The summed E-state index contributed by atoms with van der Waals surface area (Å²) in [6, 6.07) is 0. The molecule has 19 heavy (non-hydrogen) atoms. The van der Waals surface area contributed by atoms with Crippen LogP contribution in [0.3, 0.4) is 0 Å². The fourth-order valence-electron chi connectivity index (χ4n) is 1.12. The molecule has 1 aromatic rings. The van der Waals surface area contributed by atoms with E-state index in [-0.39, 0.29) is 14.9 Å². The summed E-state index contributed by atoms with van der Waals surface area (Å²) in [6.07, 6.45) is -8.59. The number of halogens is 1. The van der Waals surface area contributed by atoms with E-state index in [4.69, 9.17) is 18.4 Å². The summed E-state index contributed by atoms with van der Waals surface area (Å²) in [5.74, 6) is -3.24. The Bertz CT molecular complexity index is 791. The van der Waals surface area contributed by atoms with E-state index >= 15 is 0 Å². The van der Waals surface area contributed by atoms with Gasteiger partial charge >= 0.3 is 6.09 Å². The monoisotopic (exact) mass is 356 g/mol. The lowest BCUT2D eigenvalue weighted by atomic mass is 9.98. The standard InChI is InChI=1S/C13H19BrN2O2S/c1-13(2,3)18-12(17)16-6-4-9(5-7-16)11-15-10(14)8-19-11/h8-9H,4-7H2,1-3H3/i4D2,5D2,6D2,7D2,8D,9D. The second kappa shape index (κ2) is 5.79. The van der Waals surface area contributed by atoms with E-state index in [2.05, 4.69) is 20.9 Å². The maximum Gasteiger partial charge on any atom is 0.410 e. The van der Waals surface area contributed by atoms with Crippen LogP contribution in [0.4, 0.5) is 4.79 Å². The first-order valence-corrected chi connectivity index (χ1v) is 6.94. The van der Waals surface area contributed by atoms with E-state index in [1.807, 2.05) is 0 Å². The van der Waals surface area contributed by atoms with Crippen LogP contribution in [0.5, 0.6) is 0 Å². The highest BCUT2D eigenvalue weighted by Crippen LogP contribution is 2.31. The highest BCUT2D eigenvalue weighted by Gasteiger charge is 2.28. The normalized spacial score (nSPS) is 37.6. The van der Waals surface area contributed by atoms with Crippen LogP contribution in [0.25, 0.3) is 0 Å². The van der Waals surface area contributed by atoms with Gasteiger partial charge in [0.2, 0.25) is 0 Å². The molecule has 1 fully saturated rings. The molecule has 106 valence electrons. The minimum atomic E-state index is -3.51. The van der Waals surface area contributed by atoms with E-state index < -0.39 is 48.3 Å². The van der Waals surface area contributed by atoms with Gasteiger partial charge in [-0.05, 0) is 49.4 Å². The van der Waals surface area contributed by atoms with E-state index in [9.17, 15) is 4.79 Å². The number of nitrogens with zero attached hydrogens (tertiary/aromatic N) is 2. The highest BCUT2D eigenvalue weighted by molar-refractivity contribution is 9.10. The van der Waals surface area contributed by atoms with Crippen LogP contribution in [-0.2, 0) is 4.74 Å². The van der Waals surface area contributed by atoms with Crippen molar-refractivity contribution in [2.75, 3.05) is 13.0 Å². The third-order valence-corrected chi connectivity index (χ3v) is 3.23. The number of carbonyl (C=O) groups is 1. The van der Waals surface area contributed by atoms with Crippen molar-refractivity contribution < 1.29 is 23.2 Å². The van der Waals surface area contributed by atoms with Crippen molar-refractivity contribution in [1.82, 2.24) is 9.88 Å². The number of amides is 1. The molecule has 0 N–H and O–H groups in total. The number of rotatable bonds is 1. The van der Waals surface area contributed by atoms with Crippen molar-refractivity contribution >= 4 is 33.4 Å². The minimum Gasteiger partial charge on any atom is -0.444 e. The molecule has 6 heteroatoms. The molecular formula is C13H19BrN2O2S. The van der Waals surface area contributed by atoms with Gasteiger partial charge in [-0.2, -0.15) is 0 Å².